The number of hydrogen-bond donors (Lipinski definition) is 2. The van der Waals surface area contributed by atoms with Crippen molar-refractivity contribution in [1.29, 1.82) is 0 Å². The van der Waals surface area contributed by atoms with Gasteiger partial charge in [0.2, 0.25) is 17.7 Å². The van der Waals surface area contributed by atoms with Crippen molar-refractivity contribution in [2.45, 2.75) is 45.7 Å². The van der Waals surface area contributed by atoms with E-state index in [-0.39, 0.29) is 24.4 Å². The van der Waals surface area contributed by atoms with Crippen LogP contribution < -0.4 is 10.6 Å². The molecule has 1 aliphatic rings. The Morgan fingerprint density at radius 3 is 3.00 bits per heavy atom. The molecule has 1 aromatic rings. The fourth-order valence-electron chi connectivity index (χ4n) is 1.90. The Balaban J connectivity index is 1.84. The maximum Gasteiger partial charge on any atom is 0.249 e. The van der Waals surface area contributed by atoms with Crippen molar-refractivity contribution in [3.8, 4) is 0 Å². The predicted molar refractivity (Wildman–Crippen MR) is 65.7 cm³/mol. The van der Waals surface area contributed by atoms with E-state index in [2.05, 4.69) is 20.8 Å². The monoisotopic (exact) mass is 266 g/mol. The van der Waals surface area contributed by atoms with E-state index in [4.69, 9.17) is 4.52 Å². The second kappa shape index (κ2) is 5.81. The van der Waals surface area contributed by atoms with E-state index >= 15 is 0 Å². The number of rotatable bonds is 5. The quantitative estimate of drug-likeness (QED) is 0.817. The SMILES string of the molecule is CC(C)CC(=O)NCc1noc([C@@H]2CCC(=O)N2)n1. The molecule has 2 rings (SSSR count). The molecule has 2 N–H and O–H groups in total. The third-order valence-electron chi connectivity index (χ3n) is 2.81. The van der Waals surface area contributed by atoms with E-state index in [1.807, 2.05) is 13.8 Å². The van der Waals surface area contributed by atoms with Crippen molar-refractivity contribution in [1.82, 2.24) is 20.8 Å². The lowest BCUT2D eigenvalue weighted by Crippen LogP contribution is -2.24. The molecule has 1 saturated heterocycles. The topological polar surface area (TPSA) is 97.1 Å². The standard InChI is InChI=1S/C12H18N4O3/c1-7(2)5-11(18)13-6-9-15-12(19-16-9)8-3-4-10(17)14-8/h7-8H,3-6H2,1-2H3,(H,13,18)(H,14,17)/t8-/m0/s1. The number of aromatic nitrogens is 2. The predicted octanol–water partition coefficient (Wildman–Crippen LogP) is 0.683. The van der Waals surface area contributed by atoms with Crippen molar-refractivity contribution >= 4 is 11.8 Å². The van der Waals surface area contributed by atoms with Gasteiger partial charge < -0.3 is 15.2 Å². The Morgan fingerprint density at radius 1 is 1.58 bits per heavy atom. The van der Waals surface area contributed by atoms with E-state index in [1.165, 1.54) is 0 Å². The summed E-state index contributed by atoms with van der Waals surface area (Å²) >= 11 is 0. The fourth-order valence-corrected chi connectivity index (χ4v) is 1.90. The smallest absolute Gasteiger partial charge is 0.249 e. The van der Waals surface area contributed by atoms with Gasteiger partial charge in [-0.15, -0.1) is 0 Å². The van der Waals surface area contributed by atoms with Gasteiger partial charge in [0.15, 0.2) is 5.82 Å². The molecule has 1 atom stereocenters. The van der Waals surface area contributed by atoms with Crippen LogP contribution in [0, 0.1) is 5.92 Å². The highest BCUT2D eigenvalue weighted by Crippen LogP contribution is 2.21. The largest absolute Gasteiger partial charge is 0.349 e. The van der Waals surface area contributed by atoms with Crippen molar-refractivity contribution < 1.29 is 14.1 Å². The van der Waals surface area contributed by atoms with Gasteiger partial charge in [0, 0.05) is 12.8 Å². The fraction of sp³-hybridized carbons (Fsp3) is 0.667. The van der Waals surface area contributed by atoms with Gasteiger partial charge in [-0.3, -0.25) is 9.59 Å². The highest BCUT2D eigenvalue weighted by molar-refractivity contribution is 5.78. The number of carbonyl (C=O) groups is 2. The Kier molecular flexibility index (Phi) is 4.13. The first kappa shape index (κ1) is 13.5. The molecule has 1 aliphatic heterocycles. The lowest BCUT2D eigenvalue weighted by atomic mass is 10.1. The van der Waals surface area contributed by atoms with Crippen LogP contribution in [-0.2, 0) is 16.1 Å². The molecule has 0 radical (unpaired) electrons. The summed E-state index contributed by atoms with van der Waals surface area (Å²) in [5.41, 5.74) is 0. The zero-order chi connectivity index (χ0) is 13.8. The van der Waals surface area contributed by atoms with Gasteiger partial charge in [0.1, 0.15) is 6.04 Å². The first-order valence-corrected chi connectivity index (χ1v) is 6.43. The zero-order valence-electron chi connectivity index (χ0n) is 11.1. The molecule has 19 heavy (non-hydrogen) atoms. The van der Waals surface area contributed by atoms with Crippen LogP contribution >= 0.6 is 0 Å². The van der Waals surface area contributed by atoms with Gasteiger partial charge in [-0.05, 0) is 12.3 Å². The molecule has 0 saturated carbocycles. The summed E-state index contributed by atoms with van der Waals surface area (Å²) in [5.74, 6) is 1.10. The summed E-state index contributed by atoms with van der Waals surface area (Å²) in [5, 5.41) is 9.27. The van der Waals surface area contributed by atoms with Gasteiger partial charge in [-0.25, -0.2) is 0 Å². The molecular formula is C12H18N4O3. The van der Waals surface area contributed by atoms with Crippen LogP contribution in [0.4, 0.5) is 0 Å². The van der Waals surface area contributed by atoms with Crippen molar-refractivity contribution in [2.75, 3.05) is 0 Å². The lowest BCUT2D eigenvalue weighted by Gasteiger charge is -2.04. The molecule has 104 valence electrons. The Bertz CT molecular complexity index is 469. The summed E-state index contributed by atoms with van der Waals surface area (Å²) < 4.78 is 5.08. The average molecular weight is 266 g/mol. The number of nitrogens with one attached hydrogen (secondary N) is 2. The molecule has 0 unspecified atom stereocenters. The molecule has 7 nitrogen and oxygen atoms in total. The number of hydrogen-bond acceptors (Lipinski definition) is 5. The lowest BCUT2D eigenvalue weighted by molar-refractivity contribution is -0.122. The normalized spacial score (nSPS) is 18.7. The number of carbonyl (C=O) groups excluding carboxylic acids is 2. The highest BCUT2D eigenvalue weighted by Gasteiger charge is 2.27. The molecule has 0 spiro atoms. The van der Waals surface area contributed by atoms with Crippen molar-refractivity contribution in [3.05, 3.63) is 11.7 Å². The molecular weight excluding hydrogens is 248 g/mol. The van der Waals surface area contributed by atoms with E-state index in [0.717, 1.165) is 0 Å². The zero-order valence-corrected chi connectivity index (χ0v) is 11.1. The van der Waals surface area contributed by atoms with Crippen LogP contribution in [0.2, 0.25) is 0 Å². The molecule has 0 aliphatic carbocycles. The maximum absolute atomic E-state index is 11.5. The van der Waals surface area contributed by atoms with Crippen LogP contribution in [0.25, 0.3) is 0 Å². The van der Waals surface area contributed by atoms with Gasteiger partial charge in [-0.1, -0.05) is 19.0 Å². The minimum atomic E-state index is -0.194. The Morgan fingerprint density at radius 2 is 2.37 bits per heavy atom. The summed E-state index contributed by atoms with van der Waals surface area (Å²) in [4.78, 5) is 26.7. The van der Waals surface area contributed by atoms with Crippen LogP contribution in [0.1, 0.15) is 50.9 Å². The second-order valence-electron chi connectivity index (χ2n) is 5.08. The van der Waals surface area contributed by atoms with E-state index < -0.39 is 0 Å². The molecule has 0 bridgehead atoms. The minimum Gasteiger partial charge on any atom is -0.349 e. The highest BCUT2D eigenvalue weighted by atomic mass is 16.5. The van der Waals surface area contributed by atoms with Crippen molar-refractivity contribution in [2.24, 2.45) is 5.92 Å². The molecule has 1 fully saturated rings. The van der Waals surface area contributed by atoms with E-state index in [9.17, 15) is 9.59 Å². The first-order valence-electron chi connectivity index (χ1n) is 6.43. The van der Waals surface area contributed by atoms with Gasteiger partial charge in [-0.2, -0.15) is 4.98 Å². The summed E-state index contributed by atoms with van der Waals surface area (Å²) in [6.45, 7) is 4.21. The molecule has 0 aromatic carbocycles. The third-order valence-corrected chi connectivity index (χ3v) is 2.81. The first-order chi connectivity index (χ1) is 9.04. The Hall–Kier alpha value is -1.92. The molecule has 2 heterocycles. The third kappa shape index (κ3) is 3.77. The van der Waals surface area contributed by atoms with Crippen LogP contribution in [0.3, 0.4) is 0 Å². The van der Waals surface area contributed by atoms with Gasteiger partial charge in [0.05, 0.1) is 6.54 Å². The number of amides is 2. The molecule has 7 heteroatoms. The number of nitrogens with zero attached hydrogens (tertiary/aromatic N) is 2. The van der Waals surface area contributed by atoms with Gasteiger partial charge in [0.25, 0.3) is 0 Å². The summed E-state index contributed by atoms with van der Waals surface area (Å²) in [7, 11) is 0. The van der Waals surface area contributed by atoms with Crippen molar-refractivity contribution in [3.63, 3.8) is 0 Å². The van der Waals surface area contributed by atoms with Gasteiger partial charge >= 0.3 is 0 Å². The van der Waals surface area contributed by atoms with Crippen LogP contribution in [0.15, 0.2) is 4.52 Å². The minimum absolute atomic E-state index is 0.00464. The molecule has 1 aromatic heterocycles. The molecule has 2 amide bonds. The van der Waals surface area contributed by atoms with E-state index in [1.54, 1.807) is 0 Å². The van der Waals surface area contributed by atoms with Crippen LogP contribution in [-0.4, -0.2) is 22.0 Å². The summed E-state index contributed by atoms with van der Waals surface area (Å²) in [6.07, 6.45) is 1.62. The second-order valence-corrected chi connectivity index (χ2v) is 5.08. The van der Waals surface area contributed by atoms with E-state index in [0.29, 0.717) is 36.9 Å². The maximum atomic E-state index is 11.5. The van der Waals surface area contributed by atoms with Crippen LogP contribution in [0.5, 0.6) is 0 Å². The Labute approximate surface area is 111 Å². The summed E-state index contributed by atoms with van der Waals surface area (Å²) in [6, 6.07) is -0.194. The average Bonchev–Trinajstić information content (AvgIpc) is 2.94.